The molecular weight excluding hydrogens is 294 g/mol. The first-order chi connectivity index (χ1) is 5.66. The maximum Gasteiger partial charge on any atom is -1.00 e. The fourth-order valence-corrected chi connectivity index (χ4v) is 2.26. The zero-order chi connectivity index (χ0) is 9.14. The summed E-state index contributed by atoms with van der Waals surface area (Å²) in [5.41, 5.74) is 3.21. The minimum atomic E-state index is 0. The summed E-state index contributed by atoms with van der Waals surface area (Å²) in [6.07, 6.45) is 6.41. The van der Waals surface area contributed by atoms with Gasteiger partial charge in [0, 0.05) is 0 Å². The van der Waals surface area contributed by atoms with E-state index in [1.165, 1.54) is 19.3 Å². The molecule has 0 heterocycles. The first-order valence-corrected chi connectivity index (χ1v) is 6.03. The molecule has 1 unspecified atom stereocenters. The predicted octanol–water partition coefficient (Wildman–Crippen LogP) is -2.42. The second-order valence-corrected chi connectivity index (χ2v) is 4.95. The Balaban J connectivity index is 0. The second kappa shape index (κ2) is 8.14. The summed E-state index contributed by atoms with van der Waals surface area (Å²) in [5.74, 6) is 0.732. The van der Waals surface area contributed by atoms with Crippen molar-refractivity contribution in [3.63, 3.8) is 0 Å². The van der Waals surface area contributed by atoms with E-state index in [1.54, 1.807) is 39.1 Å². The van der Waals surface area contributed by atoms with Gasteiger partial charge in [-0.05, 0) is 0 Å². The molecular formula is C11H17Cl2Zr. The molecule has 79 valence electrons. The summed E-state index contributed by atoms with van der Waals surface area (Å²) in [4.78, 5) is 0. The molecule has 0 saturated heterocycles. The van der Waals surface area contributed by atoms with Crippen LogP contribution in [-0.2, 0) is 24.7 Å². The third kappa shape index (κ3) is 4.21. The van der Waals surface area contributed by atoms with Crippen molar-refractivity contribution in [2.24, 2.45) is 5.92 Å². The monoisotopic (exact) mass is 309 g/mol. The Morgan fingerprint density at radius 3 is 2.29 bits per heavy atom. The van der Waals surface area contributed by atoms with Gasteiger partial charge in [0.1, 0.15) is 0 Å². The van der Waals surface area contributed by atoms with Crippen LogP contribution in [0.1, 0.15) is 40.0 Å². The molecule has 0 aliphatic heterocycles. The van der Waals surface area contributed by atoms with E-state index in [4.69, 9.17) is 0 Å². The van der Waals surface area contributed by atoms with Gasteiger partial charge in [-0.3, -0.25) is 0 Å². The Hall–Kier alpha value is 0.943. The van der Waals surface area contributed by atoms with Crippen LogP contribution in [0.25, 0.3) is 0 Å². The van der Waals surface area contributed by atoms with Crippen LogP contribution in [0.2, 0.25) is 0 Å². The average molecular weight is 311 g/mol. The first-order valence-electron chi connectivity index (χ1n) is 4.80. The third-order valence-electron chi connectivity index (χ3n) is 2.59. The number of allylic oxidation sites excluding steroid dienone is 4. The van der Waals surface area contributed by atoms with Gasteiger partial charge in [-0.25, -0.2) is 0 Å². The minimum absolute atomic E-state index is 0. The third-order valence-corrected chi connectivity index (χ3v) is 4.63. The van der Waals surface area contributed by atoms with Crippen LogP contribution in [0.5, 0.6) is 0 Å². The van der Waals surface area contributed by atoms with Crippen LogP contribution in [0.3, 0.4) is 0 Å². The molecule has 14 heavy (non-hydrogen) atoms. The molecule has 1 rings (SSSR count). The Labute approximate surface area is 115 Å². The van der Waals surface area contributed by atoms with Crippen molar-refractivity contribution in [1.29, 1.82) is 0 Å². The summed E-state index contributed by atoms with van der Waals surface area (Å²) >= 11 is 1.60. The summed E-state index contributed by atoms with van der Waals surface area (Å²) < 4.78 is 1.66. The van der Waals surface area contributed by atoms with Crippen molar-refractivity contribution >= 4 is 0 Å². The SMILES string of the molecule is CCCCC1=CC(C)[C]([Zr+2])=C1C.[Cl-].[Cl-]. The molecule has 0 N–H and O–H groups in total. The van der Waals surface area contributed by atoms with Gasteiger partial charge in [0.05, 0.1) is 0 Å². The smallest absolute Gasteiger partial charge is 1.00 e. The molecule has 0 aromatic carbocycles. The van der Waals surface area contributed by atoms with E-state index in [0.717, 1.165) is 5.92 Å². The molecule has 3 heteroatoms. The van der Waals surface area contributed by atoms with Crippen molar-refractivity contribution in [2.45, 2.75) is 40.0 Å². The van der Waals surface area contributed by atoms with Crippen LogP contribution in [0.4, 0.5) is 0 Å². The molecule has 0 spiro atoms. The van der Waals surface area contributed by atoms with E-state index in [-0.39, 0.29) is 24.8 Å². The van der Waals surface area contributed by atoms with Crippen LogP contribution < -0.4 is 24.8 Å². The van der Waals surface area contributed by atoms with E-state index in [1.807, 2.05) is 0 Å². The van der Waals surface area contributed by atoms with E-state index >= 15 is 0 Å². The summed E-state index contributed by atoms with van der Waals surface area (Å²) in [6.45, 7) is 6.86. The summed E-state index contributed by atoms with van der Waals surface area (Å²) in [7, 11) is 0. The topological polar surface area (TPSA) is 0 Å². The van der Waals surface area contributed by atoms with Gasteiger partial charge in [0.15, 0.2) is 0 Å². The van der Waals surface area contributed by atoms with Gasteiger partial charge >= 0.3 is 91.2 Å². The molecule has 0 aromatic rings. The van der Waals surface area contributed by atoms with E-state index in [2.05, 4.69) is 26.8 Å². The average Bonchev–Trinajstić information content (AvgIpc) is 2.30. The Morgan fingerprint density at radius 2 is 1.93 bits per heavy atom. The second-order valence-electron chi connectivity index (χ2n) is 3.62. The minimum Gasteiger partial charge on any atom is -1.00 e. The van der Waals surface area contributed by atoms with E-state index in [9.17, 15) is 0 Å². The van der Waals surface area contributed by atoms with Crippen LogP contribution >= 0.6 is 0 Å². The maximum atomic E-state index is 2.45. The van der Waals surface area contributed by atoms with Crippen LogP contribution in [-0.4, -0.2) is 0 Å². The molecule has 0 bridgehead atoms. The number of hydrogen-bond acceptors (Lipinski definition) is 0. The van der Waals surface area contributed by atoms with Crippen molar-refractivity contribution in [2.75, 3.05) is 0 Å². The van der Waals surface area contributed by atoms with Crippen LogP contribution in [0, 0.1) is 5.92 Å². The molecule has 1 aliphatic carbocycles. The normalized spacial score (nSPS) is 20.1. The maximum absolute atomic E-state index is 2.45. The number of rotatable bonds is 3. The summed E-state index contributed by atoms with van der Waals surface area (Å²) in [6, 6.07) is 0. The van der Waals surface area contributed by atoms with Crippen molar-refractivity contribution < 1.29 is 49.5 Å². The fourth-order valence-electron chi connectivity index (χ4n) is 1.66. The molecule has 1 aliphatic rings. The molecule has 1 atom stereocenters. The molecule has 0 fully saturated rings. The number of hydrogen-bond donors (Lipinski definition) is 0. The Bertz CT molecular complexity index is 231. The van der Waals surface area contributed by atoms with E-state index < -0.39 is 0 Å². The molecule has 0 amide bonds. The zero-order valence-electron chi connectivity index (χ0n) is 9.03. The van der Waals surface area contributed by atoms with Gasteiger partial charge in [-0.15, -0.1) is 0 Å². The van der Waals surface area contributed by atoms with Gasteiger partial charge in [-0.1, -0.05) is 0 Å². The fraction of sp³-hybridized carbons (Fsp3) is 0.636. The molecule has 0 nitrogen and oxygen atoms in total. The number of halogens is 2. The van der Waals surface area contributed by atoms with Crippen molar-refractivity contribution in [3.05, 3.63) is 20.5 Å². The van der Waals surface area contributed by atoms with Crippen molar-refractivity contribution in [1.82, 2.24) is 0 Å². The first kappa shape index (κ1) is 17.3. The largest absolute Gasteiger partial charge is 1.00 e. The van der Waals surface area contributed by atoms with Gasteiger partial charge in [-0.2, -0.15) is 0 Å². The molecule has 0 radical (unpaired) electrons. The zero-order valence-corrected chi connectivity index (χ0v) is 13.0. The molecule has 0 aromatic heterocycles. The molecule has 0 saturated carbocycles. The standard InChI is InChI=1S/C11H17.2ClH.Zr/c1-4-5-6-11-8-9(2)7-10(11)3;;;/h8-9H,4-6H2,1-3H3;2*1H;/q;;;+2/p-2. The number of unbranched alkanes of at least 4 members (excludes halogenated alkanes) is 1. The quantitative estimate of drug-likeness (QED) is 0.544. The van der Waals surface area contributed by atoms with Gasteiger partial charge in [0.2, 0.25) is 0 Å². The van der Waals surface area contributed by atoms with Gasteiger partial charge in [0.25, 0.3) is 0 Å². The van der Waals surface area contributed by atoms with Gasteiger partial charge < -0.3 is 24.8 Å². The van der Waals surface area contributed by atoms with E-state index in [0.29, 0.717) is 0 Å². The van der Waals surface area contributed by atoms with Crippen molar-refractivity contribution in [3.8, 4) is 0 Å². The van der Waals surface area contributed by atoms with Crippen LogP contribution in [0.15, 0.2) is 20.5 Å². The summed E-state index contributed by atoms with van der Waals surface area (Å²) in [5, 5.41) is 0. The predicted molar refractivity (Wildman–Crippen MR) is 49.5 cm³/mol. The Morgan fingerprint density at radius 1 is 1.36 bits per heavy atom. The Kier molecular flexibility index (Phi) is 10.1.